The number of carboxylic acid groups (broad SMARTS) is 1. The van der Waals surface area contributed by atoms with Crippen molar-refractivity contribution in [2.24, 2.45) is 0 Å². The van der Waals surface area contributed by atoms with Gasteiger partial charge in [-0.2, -0.15) is 0 Å². The van der Waals surface area contributed by atoms with Crippen molar-refractivity contribution in [3.8, 4) is 0 Å². The van der Waals surface area contributed by atoms with Crippen LogP contribution in [0, 0.1) is 0 Å². The Labute approximate surface area is 136 Å². The third-order valence-electron chi connectivity index (χ3n) is 3.69. The molecular formula is C17H19NO4S. The summed E-state index contributed by atoms with van der Waals surface area (Å²) in [5, 5.41) is 9.00. The van der Waals surface area contributed by atoms with Gasteiger partial charge in [0.05, 0.1) is 10.8 Å². The second-order valence-corrected chi connectivity index (χ2v) is 7.10. The van der Waals surface area contributed by atoms with E-state index in [1.807, 2.05) is 0 Å². The molecule has 5 nitrogen and oxygen atoms in total. The third-order valence-corrected chi connectivity index (χ3v) is 5.25. The molecule has 2 aromatic rings. The van der Waals surface area contributed by atoms with E-state index in [4.69, 9.17) is 5.11 Å². The van der Waals surface area contributed by atoms with E-state index in [1.165, 1.54) is 12.1 Å². The first-order valence-electron chi connectivity index (χ1n) is 7.21. The molecule has 2 unspecified atom stereocenters. The Balaban J connectivity index is 2.15. The van der Waals surface area contributed by atoms with Gasteiger partial charge in [0, 0.05) is 6.04 Å². The van der Waals surface area contributed by atoms with Gasteiger partial charge in [0.2, 0.25) is 10.0 Å². The Bertz CT molecular complexity index is 770. The van der Waals surface area contributed by atoms with Crippen LogP contribution in [0.5, 0.6) is 0 Å². The molecule has 0 radical (unpaired) electrons. The Morgan fingerprint density at radius 3 is 2.00 bits per heavy atom. The summed E-state index contributed by atoms with van der Waals surface area (Å²) in [4.78, 5) is 11.2. The van der Waals surface area contributed by atoms with Crippen molar-refractivity contribution in [2.75, 3.05) is 0 Å². The monoisotopic (exact) mass is 333 g/mol. The Morgan fingerprint density at radius 1 is 0.957 bits per heavy atom. The summed E-state index contributed by atoms with van der Waals surface area (Å²) in [7, 11) is -3.59. The number of carboxylic acids is 1. The van der Waals surface area contributed by atoms with E-state index in [9.17, 15) is 13.2 Å². The molecule has 23 heavy (non-hydrogen) atoms. The maximum Gasteiger partial charge on any atom is 0.310 e. The van der Waals surface area contributed by atoms with Gasteiger partial charge in [0.15, 0.2) is 0 Å². The molecule has 0 spiro atoms. The number of rotatable bonds is 6. The van der Waals surface area contributed by atoms with Gasteiger partial charge in [0.25, 0.3) is 0 Å². The van der Waals surface area contributed by atoms with Crippen molar-refractivity contribution in [3.63, 3.8) is 0 Å². The van der Waals surface area contributed by atoms with Crippen molar-refractivity contribution < 1.29 is 18.3 Å². The van der Waals surface area contributed by atoms with Crippen LogP contribution in [-0.2, 0) is 14.8 Å². The van der Waals surface area contributed by atoms with Crippen LogP contribution in [0.4, 0.5) is 0 Å². The predicted molar refractivity (Wildman–Crippen MR) is 87.7 cm³/mol. The van der Waals surface area contributed by atoms with Crippen molar-refractivity contribution in [3.05, 3.63) is 65.7 Å². The zero-order valence-electron chi connectivity index (χ0n) is 12.9. The van der Waals surface area contributed by atoms with E-state index in [2.05, 4.69) is 4.72 Å². The first-order chi connectivity index (χ1) is 10.8. The molecule has 2 rings (SSSR count). The third kappa shape index (κ3) is 4.18. The highest BCUT2D eigenvalue weighted by atomic mass is 32.2. The van der Waals surface area contributed by atoms with Crippen LogP contribution in [0.1, 0.15) is 36.9 Å². The molecule has 6 heteroatoms. The lowest BCUT2D eigenvalue weighted by atomic mass is 9.98. The summed E-state index contributed by atoms with van der Waals surface area (Å²) in [6.45, 7) is 3.36. The second-order valence-electron chi connectivity index (χ2n) is 5.38. The van der Waals surface area contributed by atoms with Crippen LogP contribution < -0.4 is 4.72 Å². The highest BCUT2D eigenvalue weighted by Crippen LogP contribution is 2.21. The number of aliphatic carboxylic acids is 1. The van der Waals surface area contributed by atoms with Crippen molar-refractivity contribution >= 4 is 16.0 Å². The van der Waals surface area contributed by atoms with Gasteiger partial charge in [-0.05, 0) is 37.1 Å². The largest absolute Gasteiger partial charge is 0.481 e. The summed E-state index contributed by atoms with van der Waals surface area (Å²) in [5.74, 6) is -1.49. The molecule has 0 aliphatic rings. The Morgan fingerprint density at radius 2 is 1.48 bits per heavy atom. The van der Waals surface area contributed by atoms with Crippen LogP contribution in [0.15, 0.2) is 59.5 Å². The lowest BCUT2D eigenvalue weighted by Crippen LogP contribution is -2.26. The molecule has 2 aromatic carbocycles. The molecule has 0 heterocycles. The fourth-order valence-corrected chi connectivity index (χ4v) is 3.44. The maximum atomic E-state index is 12.3. The van der Waals surface area contributed by atoms with Crippen molar-refractivity contribution in [1.29, 1.82) is 0 Å². The van der Waals surface area contributed by atoms with E-state index >= 15 is 0 Å². The number of sulfonamides is 1. The van der Waals surface area contributed by atoms with Gasteiger partial charge in [-0.1, -0.05) is 42.5 Å². The minimum atomic E-state index is -3.59. The van der Waals surface area contributed by atoms with E-state index in [-0.39, 0.29) is 4.90 Å². The summed E-state index contributed by atoms with van der Waals surface area (Å²) < 4.78 is 27.2. The van der Waals surface area contributed by atoms with E-state index < -0.39 is 28.0 Å². The second kappa shape index (κ2) is 6.93. The minimum Gasteiger partial charge on any atom is -0.481 e. The van der Waals surface area contributed by atoms with Crippen LogP contribution >= 0.6 is 0 Å². The first kappa shape index (κ1) is 17.2. The zero-order valence-corrected chi connectivity index (χ0v) is 13.7. The molecule has 2 N–H and O–H groups in total. The van der Waals surface area contributed by atoms with Crippen LogP contribution in [0.3, 0.4) is 0 Å². The highest BCUT2D eigenvalue weighted by molar-refractivity contribution is 7.89. The molecule has 2 atom stereocenters. The molecule has 0 amide bonds. The van der Waals surface area contributed by atoms with Gasteiger partial charge >= 0.3 is 5.97 Å². The quantitative estimate of drug-likeness (QED) is 0.851. The van der Waals surface area contributed by atoms with E-state index in [0.29, 0.717) is 5.56 Å². The predicted octanol–water partition coefficient (Wildman–Crippen LogP) is 2.91. The van der Waals surface area contributed by atoms with Crippen LogP contribution in [-0.4, -0.2) is 19.5 Å². The fourth-order valence-electron chi connectivity index (χ4n) is 2.18. The normalized spacial score (nSPS) is 14.2. The van der Waals surface area contributed by atoms with E-state index in [0.717, 1.165) is 5.56 Å². The molecule has 0 aliphatic carbocycles. The maximum absolute atomic E-state index is 12.3. The summed E-state index contributed by atoms with van der Waals surface area (Å²) in [5.41, 5.74) is 1.45. The van der Waals surface area contributed by atoms with Crippen LogP contribution in [0.25, 0.3) is 0 Å². The number of hydrogen-bond donors (Lipinski definition) is 2. The average Bonchev–Trinajstić information content (AvgIpc) is 2.54. The molecule has 0 fully saturated rings. The number of hydrogen-bond acceptors (Lipinski definition) is 3. The fraction of sp³-hybridized carbons (Fsp3) is 0.235. The Hall–Kier alpha value is -2.18. The number of benzene rings is 2. The SMILES string of the molecule is CC(NS(=O)(=O)c1ccccc1)c1ccc(C(C)C(=O)O)cc1. The number of carbonyl (C=O) groups is 1. The molecule has 0 aliphatic heterocycles. The lowest BCUT2D eigenvalue weighted by molar-refractivity contribution is -0.138. The molecular weight excluding hydrogens is 314 g/mol. The molecule has 122 valence electrons. The van der Waals surface area contributed by atoms with Crippen LogP contribution in [0.2, 0.25) is 0 Å². The van der Waals surface area contributed by atoms with Gasteiger partial charge in [-0.25, -0.2) is 13.1 Å². The summed E-state index contributed by atoms with van der Waals surface area (Å²) in [6, 6.07) is 14.6. The van der Waals surface area contributed by atoms with Gasteiger partial charge in [-0.15, -0.1) is 0 Å². The molecule has 0 saturated heterocycles. The average molecular weight is 333 g/mol. The van der Waals surface area contributed by atoms with Crippen molar-refractivity contribution in [2.45, 2.75) is 30.7 Å². The topological polar surface area (TPSA) is 83.5 Å². The van der Waals surface area contributed by atoms with Gasteiger partial charge < -0.3 is 5.11 Å². The number of nitrogens with one attached hydrogen (secondary N) is 1. The van der Waals surface area contributed by atoms with Crippen molar-refractivity contribution in [1.82, 2.24) is 4.72 Å². The summed E-state index contributed by atoms with van der Waals surface area (Å²) in [6.07, 6.45) is 0. The minimum absolute atomic E-state index is 0.211. The first-order valence-corrected chi connectivity index (χ1v) is 8.69. The molecule has 0 saturated carbocycles. The smallest absolute Gasteiger partial charge is 0.310 e. The molecule has 0 bridgehead atoms. The van der Waals surface area contributed by atoms with E-state index in [1.54, 1.807) is 56.3 Å². The van der Waals surface area contributed by atoms with Gasteiger partial charge in [-0.3, -0.25) is 4.79 Å². The highest BCUT2D eigenvalue weighted by Gasteiger charge is 2.19. The molecule has 0 aromatic heterocycles. The lowest BCUT2D eigenvalue weighted by Gasteiger charge is -2.16. The van der Waals surface area contributed by atoms with Gasteiger partial charge in [0.1, 0.15) is 0 Å². The summed E-state index contributed by atoms with van der Waals surface area (Å²) >= 11 is 0. The standard InChI is InChI=1S/C17H19NO4S/c1-12(17(19)20)14-8-10-15(11-9-14)13(2)18-23(21,22)16-6-4-3-5-7-16/h3-13,18H,1-2H3,(H,19,20). The zero-order chi connectivity index (χ0) is 17.0. The Kier molecular flexibility index (Phi) is 5.18.